The molecular weight excluding hydrogens is 274 g/mol. The molecule has 0 radical (unpaired) electrons. The van der Waals surface area contributed by atoms with Crippen molar-refractivity contribution in [3.8, 4) is 0 Å². The summed E-state index contributed by atoms with van der Waals surface area (Å²) >= 11 is 0. The number of pyridine rings is 1. The van der Waals surface area contributed by atoms with E-state index in [9.17, 15) is 8.42 Å². The summed E-state index contributed by atoms with van der Waals surface area (Å²) in [6, 6.07) is 8.07. The average molecular weight is 291 g/mol. The van der Waals surface area contributed by atoms with E-state index in [4.69, 9.17) is 5.73 Å². The van der Waals surface area contributed by atoms with E-state index < -0.39 is 10.0 Å². The lowest BCUT2D eigenvalue weighted by atomic mass is 10.2. The molecule has 0 saturated carbocycles. The summed E-state index contributed by atoms with van der Waals surface area (Å²) in [5.41, 5.74) is 7.55. The third-order valence-corrected chi connectivity index (χ3v) is 4.70. The number of hydrogen-bond acceptors (Lipinski definition) is 4. The number of benzene rings is 1. The summed E-state index contributed by atoms with van der Waals surface area (Å²) < 4.78 is 27.4. The van der Waals surface area contributed by atoms with Crippen LogP contribution in [0.5, 0.6) is 0 Å². The third kappa shape index (κ3) is 3.15. The number of hydrogen-bond donors (Lipinski definition) is 2. The Morgan fingerprint density at radius 1 is 1.30 bits per heavy atom. The zero-order valence-corrected chi connectivity index (χ0v) is 12.2. The smallest absolute Gasteiger partial charge is 0.241 e. The maximum absolute atomic E-state index is 12.4. The quantitative estimate of drug-likeness (QED) is 0.844. The normalized spacial score (nSPS) is 13.1. The van der Waals surface area contributed by atoms with Crippen molar-refractivity contribution in [3.63, 3.8) is 0 Å². The number of aromatic nitrogens is 1. The van der Waals surface area contributed by atoms with Crippen molar-refractivity contribution in [3.05, 3.63) is 53.9 Å². The Kier molecular flexibility index (Phi) is 4.06. The van der Waals surface area contributed by atoms with Gasteiger partial charge in [-0.1, -0.05) is 12.1 Å². The highest BCUT2D eigenvalue weighted by Gasteiger charge is 2.20. The first kappa shape index (κ1) is 14.5. The van der Waals surface area contributed by atoms with Crippen LogP contribution < -0.4 is 10.5 Å². The standard InChI is InChI=1S/C14H17N3O2S/c1-10-5-6-13(15)8-14(10)20(18,19)17-11(2)12-4-3-7-16-9-12/h3-9,11,17H,15H2,1-2H3. The van der Waals surface area contributed by atoms with Crippen LogP contribution in [0.4, 0.5) is 5.69 Å². The SMILES string of the molecule is Cc1ccc(N)cc1S(=O)(=O)NC(C)c1cccnc1. The molecule has 3 N–H and O–H groups in total. The van der Waals surface area contributed by atoms with E-state index in [1.54, 1.807) is 44.4 Å². The fourth-order valence-electron chi connectivity index (χ4n) is 1.90. The number of sulfonamides is 1. The van der Waals surface area contributed by atoms with Crippen LogP contribution in [0.2, 0.25) is 0 Å². The first-order chi connectivity index (χ1) is 9.40. The molecule has 0 saturated heterocycles. The van der Waals surface area contributed by atoms with Gasteiger partial charge in [0.05, 0.1) is 4.90 Å². The molecule has 2 aromatic rings. The lowest BCUT2D eigenvalue weighted by molar-refractivity contribution is 0.566. The second-order valence-corrected chi connectivity index (χ2v) is 6.34. The monoisotopic (exact) mass is 291 g/mol. The summed E-state index contributed by atoms with van der Waals surface area (Å²) in [5, 5.41) is 0. The highest BCUT2D eigenvalue weighted by molar-refractivity contribution is 7.89. The minimum absolute atomic E-state index is 0.202. The van der Waals surface area contributed by atoms with Crippen molar-refractivity contribution in [2.45, 2.75) is 24.8 Å². The summed E-state index contributed by atoms with van der Waals surface area (Å²) in [4.78, 5) is 4.19. The topological polar surface area (TPSA) is 85.1 Å². The van der Waals surface area contributed by atoms with Crippen LogP contribution >= 0.6 is 0 Å². The summed E-state index contributed by atoms with van der Waals surface area (Å²) in [6.45, 7) is 3.51. The maximum atomic E-state index is 12.4. The fraction of sp³-hybridized carbons (Fsp3) is 0.214. The van der Waals surface area contributed by atoms with E-state index in [1.165, 1.54) is 6.07 Å². The third-order valence-electron chi connectivity index (χ3n) is 3.02. The number of aryl methyl sites for hydroxylation is 1. The predicted octanol–water partition coefficient (Wildman–Crippen LogP) is 2.01. The molecule has 1 unspecified atom stereocenters. The number of nitrogens with one attached hydrogen (secondary N) is 1. The molecule has 1 heterocycles. The van der Waals surface area contributed by atoms with Gasteiger partial charge < -0.3 is 5.73 Å². The van der Waals surface area contributed by atoms with Crippen molar-refractivity contribution >= 4 is 15.7 Å². The molecule has 0 aliphatic rings. The predicted molar refractivity (Wildman–Crippen MR) is 78.6 cm³/mol. The van der Waals surface area contributed by atoms with Crippen LogP contribution in [0.1, 0.15) is 24.1 Å². The largest absolute Gasteiger partial charge is 0.399 e. The second-order valence-electron chi connectivity index (χ2n) is 4.65. The van der Waals surface area contributed by atoms with Gasteiger partial charge in [0.15, 0.2) is 0 Å². The molecule has 0 aliphatic heterocycles. The number of rotatable bonds is 4. The van der Waals surface area contributed by atoms with Crippen LogP contribution in [0.15, 0.2) is 47.6 Å². The van der Waals surface area contributed by atoms with Gasteiger partial charge in [-0.05, 0) is 43.2 Å². The molecule has 20 heavy (non-hydrogen) atoms. The van der Waals surface area contributed by atoms with E-state index in [0.29, 0.717) is 11.3 Å². The van der Waals surface area contributed by atoms with Gasteiger partial charge in [0.1, 0.15) is 0 Å². The Morgan fingerprint density at radius 2 is 2.05 bits per heavy atom. The lowest BCUT2D eigenvalue weighted by Crippen LogP contribution is -2.27. The van der Waals surface area contributed by atoms with E-state index in [-0.39, 0.29) is 10.9 Å². The Bertz CT molecular complexity index is 700. The average Bonchev–Trinajstić information content (AvgIpc) is 2.42. The van der Waals surface area contributed by atoms with Gasteiger partial charge in [0.2, 0.25) is 10.0 Å². The molecule has 0 aliphatic carbocycles. The first-order valence-electron chi connectivity index (χ1n) is 6.18. The molecule has 2 rings (SSSR count). The summed E-state index contributed by atoms with van der Waals surface area (Å²) in [5.74, 6) is 0. The van der Waals surface area contributed by atoms with Crippen molar-refractivity contribution < 1.29 is 8.42 Å². The molecule has 0 spiro atoms. The highest BCUT2D eigenvalue weighted by Crippen LogP contribution is 2.21. The number of nitrogen functional groups attached to an aromatic ring is 1. The Balaban J connectivity index is 2.30. The highest BCUT2D eigenvalue weighted by atomic mass is 32.2. The van der Waals surface area contributed by atoms with Crippen LogP contribution in [0.25, 0.3) is 0 Å². The zero-order valence-electron chi connectivity index (χ0n) is 11.4. The number of anilines is 1. The molecule has 6 heteroatoms. The van der Waals surface area contributed by atoms with Gasteiger partial charge in [-0.2, -0.15) is 0 Å². The lowest BCUT2D eigenvalue weighted by Gasteiger charge is -2.15. The zero-order chi connectivity index (χ0) is 14.8. The fourth-order valence-corrected chi connectivity index (χ4v) is 3.41. The summed E-state index contributed by atoms with van der Waals surface area (Å²) in [6.07, 6.45) is 3.28. The van der Waals surface area contributed by atoms with E-state index >= 15 is 0 Å². The van der Waals surface area contributed by atoms with Crippen molar-refractivity contribution in [2.24, 2.45) is 0 Å². The summed E-state index contributed by atoms with van der Waals surface area (Å²) in [7, 11) is -3.62. The van der Waals surface area contributed by atoms with Crippen molar-refractivity contribution in [2.75, 3.05) is 5.73 Å². The van der Waals surface area contributed by atoms with Crippen LogP contribution in [0, 0.1) is 6.92 Å². The molecular formula is C14H17N3O2S. The van der Waals surface area contributed by atoms with Gasteiger partial charge in [-0.3, -0.25) is 4.98 Å². The molecule has 0 bridgehead atoms. The maximum Gasteiger partial charge on any atom is 0.241 e. The van der Waals surface area contributed by atoms with E-state index in [1.807, 2.05) is 6.07 Å². The number of nitrogens with zero attached hydrogens (tertiary/aromatic N) is 1. The van der Waals surface area contributed by atoms with E-state index in [0.717, 1.165) is 5.56 Å². The minimum atomic E-state index is -3.62. The molecule has 5 nitrogen and oxygen atoms in total. The van der Waals surface area contributed by atoms with Gasteiger partial charge in [0.25, 0.3) is 0 Å². The van der Waals surface area contributed by atoms with Gasteiger partial charge in [0, 0.05) is 24.1 Å². The van der Waals surface area contributed by atoms with Gasteiger partial charge >= 0.3 is 0 Å². The Labute approximate surface area is 118 Å². The molecule has 1 atom stereocenters. The number of nitrogens with two attached hydrogens (primary N) is 1. The van der Waals surface area contributed by atoms with Crippen molar-refractivity contribution in [1.29, 1.82) is 0 Å². The first-order valence-corrected chi connectivity index (χ1v) is 7.67. The molecule has 106 valence electrons. The Morgan fingerprint density at radius 3 is 2.70 bits per heavy atom. The molecule has 0 amide bonds. The van der Waals surface area contributed by atoms with Crippen LogP contribution in [-0.4, -0.2) is 13.4 Å². The van der Waals surface area contributed by atoms with E-state index in [2.05, 4.69) is 9.71 Å². The van der Waals surface area contributed by atoms with Gasteiger partial charge in [-0.15, -0.1) is 0 Å². The van der Waals surface area contributed by atoms with Gasteiger partial charge in [-0.25, -0.2) is 13.1 Å². The molecule has 0 fully saturated rings. The van der Waals surface area contributed by atoms with Crippen molar-refractivity contribution in [1.82, 2.24) is 9.71 Å². The molecule has 1 aromatic carbocycles. The van der Waals surface area contributed by atoms with Crippen LogP contribution in [-0.2, 0) is 10.0 Å². The minimum Gasteiger partial charge on any atom is -0.399 e. The second kappa shape index (κ2) is 5.60. The van der Waals surface area contributed by atoms with Crippen LogP contribution in [0.3, 0.4) is 0 Å². The Hall–Kier alpha value is -1.92. The molecule has 1 aromatic heterocycles.